The molecule has 5 heteroatoms. The second-order valence-electron chi connectivity index (χ2n) is 5.65. The van der Waals surface area contributed by atoms with Gasteiger partial charge in [-0.15, -0.1) is 0 Å². The Labute approximate surface area is 125 Å². The van der Waals surface area contributed by atoms with E-state index in [2.05, 4.69) is 16.7 Å². The minimum Gasteiger partial charge on any atom is -0.395 e. The average Bonchev–Trinajstić information content (AvgIpc) is 2.50. The quantitative estimate of drug-likeness (QED) is 0.829. The van der Waals surface area contributed by atoms with Crippen LogP contribution in [0.1, 0.15) is 25.0 Å². The molecule has 1 fully saturated rings. The van der Waals surface area contributed by atoms with Crippen LogP contribution in [0.3, 0.4) is 0 Å². The molecule has 0 aliphatic carbocycles. The third-order valence-corrected chi connectivity index (χ3v) is 4.27. The van der Waals surface area contributed by atoms with Crippen LogP contribution < -0.4 is 0 Å². The molecule has 0 amide bonds. The first-order chi connectivity index (χ1) is 10.1. The average molecular weight is 296 g/mol. The summed E-state index contributed by atoms with van der Waals surface area (Å²) in [7, 11) is 0. The predicted octanol–water partition coefficient (Wildman–Crippen LogP) is 1.25. The van der Waals surface area contributed by atoms with Gasteiger partial charge in [-0.05, 0) is 24.1 Å². The number of halogens is 1. The number of nitrogens with zero attached hydrogens (tertiary/aromatic N) is 2. The molecule has 0 aromatic heterocycles. The van der Waals surface area contributed by atoms with Gasteiger partial charge in [-0.3, -0.25) is 9.80 Å². The van der Waals surface area contributed by atoms with E-state index >= 15 is 0 Å². The highest BCUT2D eigenvalue weighted by atomic mass is 19.1. The minimum atomic E-state index is -0.660. The molecule has 4 nitrogen and oxygen atoms in total. The zero-order chi connectivity index (χ0) is 15.2. The van der Waals surface area contributed by atoms with Crippen molar-refractivity contribution in [3.8, 4) is 0 Å². The topological polar surface area (TPSA) is 46.9 Å². The van der Waals surface area contributed by atoms with E-state index in [1.807, 2.05) is 0 Å². The first-order valence-corrected chi connectivity index (χ1v) is 7.64. The summed E-state index contributed by atoms with van der Waals surface area (Å²) in [6, 6.07) is 6.39. The first-order valence-electron chi connectivity index (χ1n) is 7.64. The van der Waals surface area contributed by atoms with Gasteiger partial charge in [0, 0.05) is 38.8 Å². The van der Waals surface area contributed by atoms with Crippen molar-refractivity contribution in [2.24, 2.45) is 0 Å². The lowest BCUT2D eigenvalue weighted by molar-refractivity contribution is 0.0394. The molecule has 1 aliphatic rings. The van der Waals surface area contributed by atoms with Crippen LogP contribution in [0.5, 0.6) is 0 Å². The normalized spacial score (nSPS) is 20.4. The third-order valence-electron chi connectivity index (χ3n) is 4.27. The maximum atomic E-state index is 13.2. The van der Waals surface area contributed by atoms with Crippen LogP contribution in [0, 0.1) is 5.82 Å². The van der Waals surface area contributed by atoms with Crippen molar-refractivity contribution in [1.29, 1.82) is 0 Å². The van der Waals surface area contributed by atoms with Crippen molar-refractivity contribution in [2.75, 3.05) is 39.3 Å². The largest absolute Gasteiger partial charge is 0.395 e. The summed E-state index contributed by atoms with van der Waals surface area (Å²) in [5.41, 5.74) is 0.624. The smallest absolute Gasteiger partial charge is 0.123 e. The van der Waals surface area contributed by atoms with Crippen molar-refractivity contribution in [1.82, 2.24) is 9.80 Å². The molecule has 0 saturated carbocycles. The van der Waals surface area contributed by atoms with Gasteiger partial charge in [0.05, 0.1) is 12.7 Å². The molecule has 118 valence electrons. The highest BCUT2D eigenvalue weighted by Gasteiger charge is 2.23. The fourth-order valence-electron chi connectivity index (χ4n) is 2.88. The lowest BCUT2D eigenvalue weighted by Crippen LogP contribution is -2.51. The van der Waals surface area contributed by atoms with E-state index < -0.39 is 6.10 Å². The zero-order valence-corrected chi connectivity index (χ0v) is 12.6. The van der Waals surface area contributed by atoms with E-state index in [0.29, 0.717) is 12.1 Å². The molecule has 0 bridgehead atoms. The highest BCUT2D eigenvalue weighted by molar-refractivity contribution is 5.19. The van der Waals surface area contributed by atoms with Gasteiger partial charge >= 0.3 is 0 Å². The Morgan fingerprint density at radius 2 is 1.95 bits per heavy atom. The molecule has 2 unspecified atom stereocenters. The van der Waals surface area contributed by atoms with Gasteiger partial charge in [0.1, 0.15) is 5.82 Å². The summed E-state index contributed by atoms with van der Waals surface area (Å²) in [5, 5.41) is 19.5. The Morgan fingerprint density at radius 1 is 1.24 bits per heavy atom. The Hall–Kier alpha value is -1.01. The lowest BCUT2D eigenvalue weighted by Gasteiger charge is -2.39. The van der Waals surface area contributed by atoms with E-state index in [4.69, 9.17) is 0 Å². The van der Waals surface area contributed by atoms with Crippen LogP contribution in [0.2, 0.25) is 0 Å². The SMILES string of the molecule is CCC(CO)N1CCN(CC(O)c2cccc(F)c2)CC1. The Kier molecular flexibility index (Phi) is 6.11. The second-order valence-corrected chi connectivity index (χ2v) is 5.65. The molecule has 2 N–H and O–H groups in total. The van der Waals surface area contributed by atoms with Crippen molar-refractivity contribution >= 4 is 0 Å². The molecule has 21 heavy (non-hydrogen) atoms. The van der Waals surface area contributed by atoms with Gasteiger partial charge in [0.2, 0.25) is 0 Å². The lowest BCUT2D eigenvalue weighted by atomic mass is 10.1. The van der Waals surface area contributed by atoms with Crippen molar-refractivity contribution in [3.05, 3.63) is 35.6 Å². The van der Waals surface area contributed by atoms with Crippen molar-refractivity contribution in [3.63, 3.8) is 0 Å². The van der Waals surface area contributed by atoms with Gasteiger partial charge in [0.25, 0.3) is 0 Å². The Morgan fingerprint density at radius 3 is 2.52 bits per heavy atom. The van der Waals surface area contributed by atoms with Crippen LogP contribution in [-0.4, -0.2) is 65.4 Å². The number of hydrogen-bond donors (Lipinski definition) is 2. The van der Waals surface area contributed by atoms with Gasteiger partial charge in [-0.1, -0.05) is 19.1 Å². The van der Waals surface area contributed by atoms with Crippen molar-refractivity contribution in [2.45, 2.75) is 25.5 Å². The summed E-state index contributed by atoms with van der Waals surface area (Å²) in [6.07, 6.45) is 0.287. The number of aliphatic hydroxyl groups is 2. The Balaban J connectivity index is 1.83. The molecular weight excluding hydrogens is 271 g/mol. The molecule has 1 aliphatic heterocycles. The van der Waals surface area contributed by atoms with Crippen LogP contribution in [0.4, 0.5) is 4.39 Å². The van der Waals surface area contributed by atoms with Gasteiger partial charge in [-0.25, -0.2) is 4.39 Å². The van der Waals surface area contributed by atoms with Crippen LogP contribution in [0.15, 0.2) is 24.3 Å². The maximum Gasteiger partial charge on any atom is 0.123 e. The second kappa shape index (κ2) is 7.84. The van der Waals surface area contributed by atoms with E-state index in [0.717, 1.165) is 32.6 Å². The minimum absolute atomic E-state index is 0.197. The summed E-state index contributed by atoms with van der Waals surface area (Å²) in [6.45, 7) is 6.33. The number of benzene rings is 1. The molecule has 2 rings (SSSR count). The molecule has 1 aromatic rings. The first kappa shape index (κ1) is 16.4. The van der Waals surface area contributed by atoms with Gasteiger partial charge in [-0.2, -0.15) is 0 Å². The van der Waals surface area contributed by atoms with Crippen molar-refractivity contribution < 1.29 is 14.6 Å². The number of β-amino-alcohol motifs (C(OH)–C–C–N with tert-alkyl or cyclic N) is 1. The zero-order valence-electron chi connectivity index (χ0n) is 12.6. The molecule has 0 spiro atoms. The van der Waals surface area contributed by atoms with E-state index in [1.54, 1.807) is 12.1 Å². The van der Waals surface area contributed by atoms with Crippen LogP contribution >= 0.6 is 0 Å². The molecular formula is C16H25FN2O2. The van der Waals surface area contributed by atoms with Crippen LogP contribution in [-0.2, 0) is 0 Å². The monoisotopic (exact) mass is 296 g/mol. The Bertz CT molecular complexity index is 432. The predicted molar refractivity (Wildman–Crippen MR) is 80.5 cm³/mol. The van der Waals surface area contributed by atoms with Gasteiger partial charge in [0.15, 0.2) is 0 Å². The highest BCUT2D eigenvalue weighted by Crippen LogP contribution is 2.17. The number of aliphatic hydroxyl groups excluding tert-OH is 2. The van der Waals surface area contributed by atoms with E-state index in [1.165, 1.54) is 12.1 Å². The molecule has 1 saturated heterocycles. The molecule has 2 atom stereocenters. The van der Waals surface area contributed by atoms with E-state index in [9.17, 15) is 14.6 Å². The number of piperazine rings is 1. The van der Waals surface area contributed by atoms with E-state index in [-0.39, 0.29) is 18.5 Å². The fraction of sp³-hybridized carbons (Fsp3) is 0.625. The standard InChI is InChI=1S/C16H25FN2O2/c1-2-15(12-20)19-8-6-18(7-9-19)11-16(21)13-4-3-5-14(17)10-13/h3-5,10,15-16,20-21H,2,6-9,11-12H2,1H3. The number of rotatable bonds is 6. The summed E-state index contributed by atoms with van der Waals surface area (Å²) in [4.78, 5) is 4.49. The summed E-state index contributed by atoms with van der Waals surface area (Å²) in [5.74, 6) is -0.315. The summed E-state index contributed by atoms with van der Waals surface area (Å²) < 4.78 is 13.2. The summed E-state index contributed by atoms with van der Waals surface area (Å²) >= 11 is 0. The third kappa shape index (κ3) is 4.48. The molecule has 1 aromatic carbocycles. The fourth-order valence-corrected chi connectivity index (χ4v) is 2.88. The number of hydrogen-bond acceptors (Lipinski definition) is 4. The molecule has 0 radical (unpaired) electrons. The molecule has 1 heterocycles. The maximum absolute atomic E-state index is 13.2. The van der Waals surface area contributed by atoms with Gasteiger partial charge < -0.3 is 10.2 Å². The van der Waals surface area contributed by atoms with Crippen LogP contribution in [0.25, 0.3) is 0 Å².